The molecule has 0 radical (unpaired) electrons. The highest BCUT2D eigenvalue weighted by Gasteiger charge is 2.15. The van der Waals surface area contributed by atoms with Crippen LogP contribution < -0.4 is 10.6 Å². The smallest absolute Gasteiger partial charge is 0.226 e. The topological polar surface area (TPSA) is 97.1 Å². The molecule has 1 aromatic carbocycles. The highest BCUT2D eigenvalue weighted by molar-refractivity contribution is 7.18. The second-order valence-corrected chi connectivity index (χ2v) is 9.64. The van der Waals surface area contributed by atoms with Crippen molar-refractivity contribution in [2.75, 3.05) is 5.32 Å². The molecule has 0 fully saturated rings. The molecule has 4 rings (SSSR count). The van der Waals surface area contributed by atoms with E-state index in [1.807, 2.05) is 19.1 Å². The molecule has 0 saturated heterocycles. The first-order valence-corrected chi connectivity index (χ1v) is 11.8. The summed E-state index contributed by atoms with van der Waals surface area (Å²) in [5, 5.41) is 6.15. The number of thiazole rings is 1. The number of rotatable bonds is 8. The zero-order chi connectivity index (χ0) is 23.4. The Morgan fingerprint density at radius 3 is 2.67 bits per heavy atom. The zero-order valence-electron chi connectivity index (χ0n) is 18.0. The minimum Gasteiger partial charge on any atom is -0.441 e. The van der Waals surface area contributed by atoms with Gasteiger partial charge in [-0.15, -0.1) is 22.7 Å². The summed E-state index contributed by atoms with van der Waals surface area (Å²) in [6, 6.07) is 9.88. The van der Waals surface area contributed by atoms with Gasteiger partial charge in [0.15, 0.2) is 16.8 Å². The number of benzene rings is 1. The van der Waals surface area contributed by atoms with Crippen LogP contribution in [-0.4, -0.2) is 21.8 Å². The van der Waals surface area contributed by atoms with Gasteiger partial charge in [0.25, 0.3) is 0 Å². The van der Waals surface area contributed by atoms with Crippen LogP contribution in [0.15, 0.2) is 47.0 Å². The highest BCUT2D eigenvalue weighted by atomic mass is 32.1. The molecule has 0 atom stereocenters. The van der Waals surface area contributed by atoms with Gasteiger partial charge in [0.1, 0.15) is 5.82 Å². The van der Waals surface area contributed by atoms with E-state index in [1.165, 1.54) is 30.4 Å². The number of hydrogen-bond donors (Lipinski definition) is 2. The number of aromatic nitrogens is 2. The summed E-state index contributed by atoms with van der Waals surface area (Å²) in [6.07, 6.45) is 2.09. The number of halogens is 1. The van der Waals surface area contributed by atoms with Crippen LogP contribution in [0, 0.1) is 12.7 Å². The van der Waals surface area contributed by atoms with Crippen molar-refractivity contribution in [1.29, 1.82) is 0 Å². The molecule has 0 bridgehead atoms. The third kappa shape index (κ3) is 5.91. The summed E-state index contributed by atoms with van der Waals surface area (Å²) >= 11 is 2.97. The van der Waals surface area contributed by atoms with Crippen molar-refractivity contribution < 1.29 is 18.4 Å². The lowest BCUT2D eigenvalue weighted by Gasteiger charge is -2.00. The monoisotopic (exact) mass is 484 g/mol. The molecule has 2 amide bonds. The summed E-state index contributed by atoms with van der Waals surface area (Å²) in [5.41, 5.74) is 1.55. The fourth-order valence-corrected chi connectivity index (χ4v) is 4.97. The van der Waals surface area contributed by atoms with E-state index in [2.05, 4.69) is 20.6 Å². The molecular weight excluding hydrogens is 463 g/mol. The lowest BCUT2D eigenvalue weighted by molar-refractivity contribution is -0.119. The van der Waals surface area contributed by atoms with Crippen molar-refractivity contribution in [3.63, 3.8) is 0 Å². The zero-order valence-corrected chi connectivity index (χ0v) is 19.6. The molecule has 10 heteroatoms. The van der Waals surface area contributed by atoms with E-state index in [4.69, 9.17) is 4.42 Å². The minimum absolute atomic E-state index is 0.0729. The Bertz CT molecular complexity index is 1280. The van der Waals surface area contributed by atoms with Crippen LogP contribution in [0.5, 0.6) is 0 Å². The molecule has 33 heavy (non-hydrogen) atoms. The quantitative estimate of drug-likeness (QED) is 0.359. The van der Waals surface area contributed by atoms with Crippen LogP contribution in [0.2, 0.25) is 0 Å². The lowest BCUT2D eigenvalue weighted by atomic mass is 10.2. The number of anilines is 1. The Hall–Kier alpha value is -3.37. The normalized spacial score (nSPS) is 10.9. The molecule has 170 valence electrons. The molecule has 3 aromatic heterocycles. The number of thiophene rings is 1. The summed E-state index contributed by atoms with van der Waals surface area (Å²) in [7, 11) is 0. The van der Waals surface area contributed by atoms with Gasteiger partial charge in [0, 0.05) is 35.1 Å². The Morgan fingerprint density at radius 1 is 1.12 bits per heavy atom. The number of oxazole rings is 1. The average Bonchev–Trinajstić information content (AvgIpc) is 3.51. The summed E-state index contributed by atoms with van der Waals surface area (Å²) in [5.74, 6) is 0.385. The van der Waals surface area contributed by atoms with Gasteiger partial charge in [0.05, 0.1) is 23.3 Å². The number of amides is 2. The van der Waals surface area contributed by atoms with E-state index in [0.717, 1.165) is 25.9 Å². The van der Waals surface area contributed by atoms with Crippen molar-refractivity contribution in [1.82, 2.24) is 15.3 Å². The van der Waals surface area contributed by atoms with Gasteiger partial charge in [-0.1, -0.05) is 0 Å². The van der Waals surface area contributed by atoms with E-state index in [0.29, 0.717) is 29.7 Å². The van der Waals surface area contributed by atoms with Gasteiger partial charge in [-0.25, -0.2) is 14.4 Å². The van der Waals surface area contributed by atoms with Gasteiger partial charge in [-0.05, 0) is 43.3 Å². The highest BCUT2D eigenvalue weighted by Crippen LogP contribution is 2.34. The van der Waals surface area contributed by atoms with Crippen molar-refractivity contribution in [2.45, 2.75) is 33.2 Å². The molecule has 4 aromatic rings. The molecule has 3 heterocycles. The molecular formula is C23H21FN4O3S2. The molecule has 2 N–H and O–H groups in total. The summed E-state index contributed by atoms with van der Waals surface area (Å²) in [4.78, 5) is 35.3. The van der Waals surface area contributed by atoms with Crippen LogP contribution in [-0.2, 0) is 22.6 Å². The number of nitrogens with zero attached hydrogens (tertiary/aromatic N) is 2. The third-order valence-electron chi connectivity index (χ3n) is 4.70. The predicted octanol–water partition coefficient (Wildman–Crippen LogP) is 5.18. The van der Waals surface area contributed by atoms with Crippen molar-refractivity contribution in [3.05, 3.63) is 64.1 Å². The molecule has 0 spiro atoms. The summed E-state index contributed by atoms with van der Waals surface area (Å²) in [6.45, 7) is 3.93. The molecule has 0 aliphatic rings. The third-order valence-corrected chi connectivity index (χ3v) is 6.68. The molecule has 0 saturated carbocycles. The number of hydrogen-bond acceptors (Lipinski definition) is 7. The SMILES string of the molecule is CC(=O)NCc1ccc(-c2nc(NC(=O)CCc3ncc(-c4ccc(F)cc4)o3)sc2C)s1. The lowest BCUT2D eigenvalue weighted by Crippen LogP contribution is -2.17. The molecule has 0 aliphatic heterocycles. The Morgan fingerprint density at radius 2 is 1.91 bits per heavy atom. The fraction of sp³-hybridized carbons (Fsp3) is 0.217. The molecule has 7 nitrogen and oxygen atoms in total. The predicted molar refractivity (Wildman–Crippen MR) is 127 cm³/mol. The maximum atomic E-state index is 13.1. The van der Waals surface area contributed by atoms with Crippen molar-refractivity contribution >= 4 is 39.6 Å². The number of nitrogens with one attached hydrogen (secondary N) is 2. The number of aryl methyl sites for hydroxylation is 2. The van der Waals surface area contributed by atoms with Crippen molar-refractivity contribution in [2.24, 2.45) is 0 Å². The average molecular weight is 485 g/mol. The molecule has 0 aliphatic carbocycles. The first kappa shape index (κ1) is 22.8. The van der Waals surface area contributed by atoms with Crippen LogP contribution in [0.1, 0.15) is 29.0 Å². The maximum Gasteiger partial charge on any atom is 0.226 e. The fourth-order valence-electron chi connectivity index (χ4n) is 3.07. The Labute approximate surface area is 197 Å². The van der Waals surface area contributed by atoms with Crippen LogP contribution >= 0.6 is 22.7 Å². The first-order valence-electron chi connectivity index (χ1n) is 10.2. The second-order valence-electron chi connectivity index (χ2n) is 7.27. The van der Waals surface area contributed by atoms with E-state index < -0.39 is 0 Å². The van der Waals surface area contributed by atoms with E-state index in [-0.39, 0.29) is 24.1 Å². The van der Waals surface area contributed by atoms with Crippen LogP contribution in [0.4, 0.5) is 9.52 Å². The first-order chi connectivity index (χ1) is 15.9. The van der Waals surface area contributed by atoms with Gasteiger partial charge >= 0.3 is 0 Å². The minimum atomic E-state index is -0.319. The molecule has 0 unspecified atom stereocenters. The van der Waals surface area contributed by atoms with E-state index in [1.54, 1.807) is 29.7 Å². The van der Waals surface area contributed by atoms with Gasteiger partial charge < -0.3 is 15.1 Å². The van der Waals surface area contributed by atoms with E-state index in [9.17, 15) is 14.0 Å². The second kappa shape index (κ2) is 10.1. The summed E-state index contributed by atoms with van der Waals surface area (Å²) < 4.78 is 18.7. The Kier molecular flexibility index (Phi) is 6.95. The van der Waals surface area contributed by atoms with Gasteiger partial charge in [-0.2, -0.15) is 0 Å². The van der Waals surface area contributed by atoms with Gasteiger partial charge in [0.2, 0.25) is 11.8 Å². The largest absolute Gasteiger partial charge is 0.441 e. The van der Waals surface area contributed by atoms with E-state index >= 15 is 0 Å². The number of carbonyl (C=O) groups excluding carboxylic acids is 2. The number of carbonyl (C=O) groups is 2. The van der Waals surface area contributed by atoms with Crippen molar-refractivity contribution in [3.8, 4) is 21.9 Å². The standard InChI is InChI=1S/C23H21FN4O3S2/c1-13-22(19-8-7-17(33-19)11-25-14(2)29)28-23(32-13)27-20(30)9-10-21-26-12-18(31-21)15-3-5-16(24)6-4-15/h3-8,12H,9-11H2,1-2H3,(H,25,29)(H,27,28,30). The van der Waals surface area contributed by atoms with Gasteiger partial charge in [-0.3, -0.25) is 9.59 Å². The Balaban J connectivity index is 1.33. The maximum absolute atomic E-state index is 13.1. The van der Waals surface area contributed by atoms with Crippen LogP contribution in [0.3, 0.4) is 0 Å². The van der Waals surface area contributed by atoms with Crippen LogP contribution in [0.25, 0.3) is 21.9 Å².